The molecule has 1 N–H and O–H groups in total. The summed E-state index contributed by atoms with van der Waals surface area (Å²) in [4.78, 5) is 3.95. The molecule has 0 fully saturated rings. The van der Waals surface area contributed by atoms with E-state index in [0.29, 0.717) is 11.5 Å². The van der Waals surface area contributed by atoms with Gasteiger partial charge in [-0.2, -0.15) is 5.21 Å². The van der Waals surface area contributed by atoms with Gasteiger partial charge in [-0.3, -0.25) is 0 Å². The molecule has 0 saturated carbocycles. The molecular formula is C8H5N5. The monoisotopic (exact) mass is 171 g/mol. The van der Waals surface area contributed by atoms with Crippen molar-refractivity contribution in [1.29, 1.82) is 0 Å². The predicted molar refractivity (Wildman–Crippen MR) is 45.3 cm³/mol. The van der Waals surface area contributed by atoms with Crippen LogP contribution >= 0.6 is 0 Å². The van der Waals surface area contributed by atoms with Crippen molar-refractivity contribution in [3.05, 3.63) is 24.0 Å². The van der Waals surface area contributed by atoms with Gasteiger partial charge in [0.2, 0.25) is 5.82 Å². The van der Waals surface area contributed by atoms with E-state index in [2.05, 4.69) is 31.5 Å². The number of hydrogen-bond donors (Lipinski definition) is 1. The minimum atomic E-state index is 0.513. The van der Waals surface area contributed by atoms with Gasteiger partial charge in [0.25, 0.3) is 0 Å². The second-order valence-corrected chi connectivity index (χ2v) is 2.31. The number of nitrogens with zero attached hydrogens (tertiary/aromatic N) is 4. The predicted octanol–water partition coefficient (Wildman–Crippen LogP) is 0.243. The Labute approximate surface area is 74.2 Å². The molecule has 2 aromatic heterocycles. The average Bonchev–Trinajstić information content (AvgIpc) is 2.71. The molecular weight excluding hydrogens is 166 g/mol. The van der Waals surface area contributed by atoms with Gasteiger partial charge in [0.15, 0.2) is 0 Å². The van der Waals surface area contributed by atoms with E-state index in [1.165, 1.54) is 0 Å². The molecule has 13 heavy (non-hydrogen) atoms. The number of hydrogen-bond acceptors (Lipinski definition) is 4. The van der Waals surface area contributed by atoms with Gasteiger partial charge in [-0.05, 0) is 17.3 Å². The number of aromatic nitrogens is 5. The van der Waals surface area contributed by atoms with Gasteiger partial charge in [0, 0.05) is 11.8 Å². The Balaban J connectivity index is 2.49. The molecule has 0 spiro atoms. The number of pyridine rings is 1. The maximum absolute atomic E-state index is 5.20. The van der Waals surface area contributed by atoms with Gasteiger partial charge >= 0.3 is 0 Å². The fourth-order valence-electron chi connectivity index (χ4n) is 0.933. The van der Waals surface area contributed by atoms with E-state index in [1.54, 1.807) is 18.3 Å². The SMILES string of the molecule is C#Cc1cc(-c2nn[nH]n2)ccn1. The van der Waals surface area contributed by atoms with E-state index in [4.69, 9.17) is 6.42 Å². The number of H-pyrrole nitrogens is 1. The van der Waals surface area contributed by atoms with Crippen molar-refractivity contribution in [2.24, 2.45) is 0 Å². The zero-order valence-electron chi connectivity index (χ0n) is 6.60. The van der Waals surface area contributed by atoms with Crippen LogP contribution in [-0.2, 0) is 0 Å². The molecule has 62 valence electrons. The van der Waals surface area contributed by atoms with Crippen LogP contribution in [0.2, 0.25) is 0 Å². The third-order valence-electron chi connectivity index (χ3n) is 1.51. The Hall–Kier alpha value is -2.22. The van der Waals surface area contributed by atoms with Crippen LogP contribution in [0.5, 0.6) is 0 Å². The number of terminal acetylenes is 1. The van der Waals surface area contributed by atoms with Gasteiger partial charge in [-0.25, -0.2) is 4.98 Å². The van der Waals surface area contributed by atoms with Crippen molar-refractivity contribution in [1.82, 2.24) is 25.6 Å². The molecule has 0 atom stereocenters. The lowest BCUT2D eigenvalue weighted by Gasteiger charge is -1.93. The normalized spacial score (nSPS) is 9.46. The molecule has 0 aliphatic heterocycles. The quantitative estimate of drug-likeness (QED) is 0.624. The van der Waals surface area contributed by atoms with Gasteiger partial charge in [-0.15, -0.1) is 16.6 Å². The zero-order valence-corrected chi connectivity index (χ0v) is 6.60. The van der Waals surface area contributed by atoms with Crippen LogP contribution in [0.25, 0.3) is 11.4 Å². The molecule has 0 saturated heterocycles. The zero-order chi connectivity index (χ0) is 9.10. The first-order chi connectivity index (χ1) is 6.40. The van der Waals surface area contributed by atoms with Crippen LogP contribution in [0.3, 0.4) is 0 Å². The highest BCUT2D eigenvalue weighted by atomic mass is 15.5. The highest BCUT2D eigenvalue weighted by molar-refractivity contribution is 5.55. The topological polar surface area (TPSA) is 67.3 Å². The summed E-state index contributed by atoms with van der Waals surface area (Å²) in [6, 6.07) is 3.50. The van der Waals surface area contributed by atoms with Crippen molar-refractivity contribution < 1.29 is 0 Å². The molecule has 0 aromatic carbocycles. The Kier molecular flexibility index (Phi) is 1.73. The van der Waals surface area contributed by atoms with E-state index in [0.717, 1.165) is 5.56 Å². The van der Waals surface area contributed by atoms with E-state index in [1.807, 2.05) is 0 Å². The van der Waals surface area contributed by atoms with Crippen LogP contribution in [0, 0.1) is 12.3 Å². The third-order valence-corrected chi connectivity index (χ3v) is 1.51. The molecule has 0 bridgehead atoms. The van der Waals surface area contributed by atoms with Crippen molar-refractivity contribution in [3.8, 4) is 23.7 Å². The standard InChI is InChI=1S/C8H5N5/c1-2-7-5-6(3-4-9-7)8-10-12-13-11-8/h1,3-5H,(H,10,11,12,13). The maximum Gasteiger partial charge on any atom is 0.204 e. The summed E-state index contributed by atoms with van der Waals surface area (Å²) >= 11 is 0. The van der Waals surface area contributed by atoms with Crippen LogP contribution < -0.4 is 0 Å². The average molecular weight is 171 g/mol. The Morgan fingerprint density at radius 1 is 1.46 bits per heavy atom. The lowest BCUT2D eigenvalue weighted by atomic mass is 10.2. The third kappa shape index (κ3) is 1.37. The van der Waals surface area contributed by atoms with Crippen LogP contribution in [-0.4, -0.2) is 25.6 Å². The lowest BCUT2D eigenvalue weighted by molar-refractivity contribution is 0.881. The molecule has 2 aromatic rings. The summed E-state index contributed by atoms with van der Waals surface area (Å²) in [6.07, 6.45) is 6.81. The molecule has 2 rings (SSSR count). The Bertz CT molecular complexity index is 440. The van der Waals surface area contributed by atoms with Crippen LogP contribution in [0.1, 0.15) is 5.69 Å². The summed E-state index contributed by atoms with van der Waals surface area (Å²) in [6.45, 7) is 0. The molecule has 5 nitrogen and oxygen atoms in total. The number of tetrazole rings is 1. The smallest absolute Gasteiger partial charge is 0.204 e. The Morgan fingerprint density at radius 2 is 2.38 bits per heavy atom. The number of nitrogens with one attached hydrogen (secondary N) is 1. The van der Waals surface area contributed by atoms with Gasteiger partial charge in [0.05, 0.1) is 0 Å². The maximum atomic E-state index is 5.20. The van der Waals surface area contributed by atoms with Crippen molar-refractivity contribution in [2.75, 3.05) is 0 Å². The van der Waals surface area contributed by atoms with E-state index in [9.17, 15) is 0 Å². The minimum absolute atomic E-state index is 0.513. The molecule has 2 heterocycles. The first-order valence-electron chi connectivity index (χ1n) is 3.56. The molecule has 0 aliphatic rings. The second-order valence-electron chi connectivity index (χ2n) is 2.31. The highest BCUT2D eigenvalue weighted by Crippen LogP contribution is 2.11. The number of rotatable bonds is 1. The van der Waals surface area contributed by atoms with Crippen LogP contribution in [0.4, 0.5) is 0 Å². The van der Waals surface area contributed by atoms with Gasteiger partial charge < -0.3 is 0 Å². The molecule has 0 aliphatic carbocycles. The minimum Gasteiger partial charge on any atom is -0.248 e. The summed E-state index contributed by atoms with van der Waals surface area (Å²) in [7, 11) is 0. The van der Waals surface area contributed by atoms with Crippen LogP contribution in [0.15, 0.2) is 18.3 Å². The summed E-state index contributed by atoms with van der Waals surface area (Å²) in [5.41, 5.74) is 1.36. The molecule has 0 radical (unpaired) electrons. The lowest BCUT2D eigenvalue weighted by Crippen LogP contribution is -1.85. The van der Waals surface area contributed by atoms with Crippen molar-refractivity contribution in [3.63, 3.8) is 0 Å². The summed E-state index contributed by atoms with van der Waals surface area (Å²) in [5.74, 6) is 2.94. The number of aromatic amines is 1. The van der Waals surface area contributed by atoms with E-state index >= 15 is 0 Å². The first-order valence-corrected chi connectivity index (χ1v) is 3.56. The van der Waals surface area contributed by atoms with Gasteiger partial charge in [0.1, 0.15) is 5.69 Å². The highest BCUT2D eigenvalue weighted by Gasteiger charge is 2.02. The second kappa shape index (κ2) is 3.03. The summed E-state index contributed by atoms with van der Waals surface area (Å²) < 4.78 is 0. The van der Waals surface area contributed by atoms with Gasteiger partial charge in [-0.1, -0.05) is 5.92 Å². The van der Waals surface area contributed by atoms with E-state index in [-0.39, 0.29) is 0 Å². The fraction of sp³-hybridized carbons (Fsp3) is 0. The van der Waals surface area contributed by atoms with Crippen molar-refractivity contribution in [2.45, 2.75) is 0 Å². The molecule has 5 heteroatoms. The molecule has 0 unspecified atom stereocenters. The summed E-state index contributed by atoms with van der Waals surface area (Å²) in [5, 5.41) is 13.4. The molecule has 0 amide bonds. The first kappa shape index (κ1) is 7.43. The largest absolute Gasteiger partial charge is 0.248 e. The van der Waals surface area contributed by atoms with Crippen molar-refractivity contribution >= 4 is 0 Å². The Morgan fingerprint density at radius 3 is 3.08 bits per heavy atom. The van der Waals surface area contributed by atoms with E-state index < -0.39 is 0 Å². The fourth-order valence-corrected chi connectivity index (χ4v) is 0.933.